The summed E-state index contributed by atoms with van der Waals surface area (Å²) in [6.07, 6.45) is 3.17. The summed E-state index contributed by atoms with van der Waals surface area (Å²) < 4.78 is 39.1. The molecule has 37 heavy (non-hydrogen) atoms. The maximum atomic E-state index is 13.2. The number of likely N-dealkylation sites (N-methyl/N-ethyl adjacent to an activating group) is 1. The van der Waals surface area contributed by atoms with Crippen molar-refractivity contribution in [2.45, 2.75) is 36.0 Å². The monoisotopic (exact) mass is 542 g/mol. The van der Waals surface area contributed by atoms with Gasteiger partial charge in [-0.1, -0.05) is 54.6 Å². The van der Waals surface area contributed by atoms with Crippen LogP contribution in [0.2, 0.25) is 0 Å². The Kier molecular flexibility index (Phi) is 9.13. The zero-order chi connectivity index (χ0) is 25.0. The van der Waals surface area contributed by atoms with Crippen LogP contribution in [-0.2, 0) is 10.0 Å². The van der Waals surface area contributed by atoms with Crippen LogP contribution in [-0.4, -0.2) is 57.6 Å². The molecule has 8 heteroatoms. The first kappa shape index (κ1) is 27.5. The number of halogens is 1. The van der Waals surface area contributed by atoms with Crippen LogP contribution < -0.4 is 9.47 Å². The highest BCUT2D eigenvalue weighted by Gasteiger charge is 2.27. The van der Waals surface area contributed by atoms with Gasteiger partial charge in [0.1, 0.15) is 0 Å². The van der Waals surface area contributed by atoms with E-state index in [1.54, 1.807) is 31.3 Å². The predicted octanol–water partition coefficient (Wildman–Crippen LogP) is 5.51. The highest BCUT2D eigenvalue weighted by atomic mass is 35.5. The van der Waals surface area contributed by atoms with E-state index in [1.807, 2.05) is 24.3 Å². The summed E-state index contributed by atoms with van der Waals surface area (Å²) in [6, 6.07) is 25.4. The van der Waals surface area contributed by atoms with Gasteiger partial charge in [-0.3, -0.25) is 0 Å². The van der Waals surface area contributed by atoms with Crippen molar-refractivity contribution in [2.24, 2.45) is 0 Å². The fraction of sp³-hybridized carbons (Fsp3) is 0.379. The van der Waals surface area contributed by atoms with Gasteiger partial charge in [-0.25, -0.2) is 12.7 Å². The largest absolute Gasteiger partial charge is 0.454 e. The molecule has 0 aliphatic carbocycles. The Bertz CT molecular complexity index is 1250. The molecule has 5 rings (SSSR count). The first-order chi connectivity index (χ1) is 17.5. The summed E-state index contributed by atoms with van der Waals surface area (Å²) in [6.45, 7) is 3.68. The van der Waals surface area contributed by atoms with Crippen molar-refractivity contribution in [3.8, 4) is 11.5 Å². The number of rotatable bonds is 9. The molecule has 0 spiro atoms. The third-order valence-electron chi connectivity index (χ3n) is 7.45. The molecule has 198 valence electrons. The highest BCUT2D eigenvalue weighted by Crippen LogP contribution is 2.36. The molecule has 2 heterocycles. The lowest BCUT2D eigenvalue weighted by atomic mass is 9.89. The summed E-state index contributed by atoms with van der Waals surface area (Å²) in [4.78, 5) is 2.84. The number of piperidine rings is 1. The molecule has 3 aromatic rings. The van der Waals surface area contributed by atoms with Crippen LogP contribution >= 0.6 is 12.4 Å². The SMILES string of the molecule is CN(C[C@@H](CCN1CCC(c2ccccc2)CC1)c1ccc2c(c1)OCO2)S(=O)(=O)c1ccccc1.Cl. The first-order valence-corrected chi connectivity index (χ1v) is 14.1. The Morgan fingerprint density at radius 3 is 2.27 bits per heavy atom. The molecule has 0 radical (unpaired) electrons. The number of likely N-dealkylation sites (tertiary alicyclic amines) is 1. The van der Waals surface area contributed by atoms with Gasteiger partial charge in [0.2, 0.25) is 16.8 Å². The first-order valence-electron chi connectivity index (χ1n) is 12.7. The highest BCUT2D eigenvalue weighted by molar-refractivity contribution is 7.89. The van der Waals surface area contributed by atoms with E-state index in [2.05, 4.69) is 35.2 Å². The fourth-order valence-corrected chi connectivity index (χ4v) is 6.50. The lowest BCUT2D eigenvalue weighted by Gasteiger charge is -2.33. The number of nitrogens with zero attached hydrogens (tertiary/aromatic N) is 2. The van der Waals surface area contributed by atoms with Crippen LogP contribution in [0.5, 0.6) is 11.5 Å². The summed E-state index contributed by atoms with van der Waals surface area (Å²) in [5.74, 6) is 2.13. The number of fused-ring (bicyclic) bond motifs is 1. The lowest BCUT2D eigenvalue weighted by molar-refractivity contribution is 0.174. The maximum absolute atomic E-state index is 13.2. The molecule has 3 aromatic carbocycles. The van der Waals surface area contributed by atoms with Crippen LogP contribution in [0.25, 0.3) is 0 Å². The molecule has 1 saturated heterocycles. The quantitative estimate of drug-likeness (QED) is 0.357. The molecule has 1 fully saturated rings. The Hall–Kier alpha value is -2.58. The summed E-state index contributed by atoms with van der Waals surface area (Å²) in [7, 11) is -1.90. The van der Waals surface area contributed by atoms with Gasteiger partial charge in [0.05, 0.1) is 4.90 Å². The molecular weight excluding hydrogens is 508 g/mol. The van der Waals surface area contributed by atoms with Gasteiger partial charge in [0.25, 0.3) is 0 Å². The van der Waals surface area contributed by atoms with Crippen molar-refractivity contribution >= 4 is 22.4 Å². The van der Waals surface area contributed by atoms with Gasteiger partial charge < -0.3 is 14.4 Å². The Balaban J connectivity index is 0.00000320. The molecule has 0 saturated carbocycles. The molecule has 2 aliphatic heterocycles. The summed E-state index contributed by atoms with van der Waals surface area (Å²) >= 11 is 0. The molecule has 0 unspecified atom stereocenters. The van der Waals surface area contributed by atoms with Gasteiger partial charge >= 0.3 is 0 Å². The zero-order valence-corrected chi connectivity index (χ0v) is 22.8. The molecule has 0 bridgehead atoms. The van der Waals surface area contributed by atoms with Crippen molar-refractivity contribution in [1.29, 1.82) is 0 Å². The van der Waals surface area contributed by atoms with Gasteiger partial charge in [-0.05, 0) is 86.1 Å². The predicted molar refractivity (Wildman–Crippen MR) is 148 cm³/mol. The third kappa shape index (κ3) is 6.47. The lowest BCUT2D eigenvalue weighted by Crippen LogP contribution is -2.36. The molecular formula is C29H35ClN2O4S. The minimum atomic E-state index is -3.57. The average Bonchev–Trinajstić information content (AvgIpc) is 3.40. The van der Waals surface area contributed by atoms with Gasteiger partial charge in [0, 0.05) is 13.6 Å². The molecule has 2 aliphatic rings. The minimum Gasteiger partial charge on any atom is -0.454 e. The van der Waals surface area contributed by atoms with E-state index in [-0.39, 0.29) is 25.1 Å². The van der Waals surface area contributed by atoms with Gasteiger partial charge in [-0.2, -0.15) is 0 Å². The molecule has 0 amide bonds. The maximum Gasteiger partial charge on any atom is 0.242 e. The molecule has 1 atom stereocenters. The van der Waals surface area contributed by atoms with Crippen LogP contribution in [0.4, 0.5) is 0 Å². The molecule has 6 nitrogen and oxygen atoms in total. The fourth-order valence-electron chi connectivity index (χ4n) is 5.26. The summed E-state index contributed by atoms with van der Waals surface area (Å²) in [5, 5.41) is 0. The van der Waals surface area contributed by atoms with Crippen LogP contribution in [0, 0.1) is 0 Å². The van der Waals surface area contributed by atoms with E-state index in [0.29, 0.717) is 17.4 Å². The standard InChI is InChI=1S/C29H34N2O4S.ClH/c1-30(36(32,33)27-10-6-3-7-11-27)21-26(25-12-13-28-29(20-25)35-22-34-28)16-19-31-17-14-24(15-18-31)23-8-4-2-5-9-23;/h2-13,20,24,26H,14-19,21-22H2,1H3;1H/t26-;/m1./s1. The second-order valence-electron chi connectivity index (χ2n) is 9.72. The number of hydrogen-bond donors (Lipinski definition) is 0. The third-order valence-corrected chi connectivity index (χ3v) is 9.29. The van der Waals surface area contributed by atoms with E-state index in [9.17, 15) is 8.42 Å². The Labute approximate surface area is 226 Å². The number of sulfonamides is 1. The van der Waals surface area contributed by atoms with E-state index < -0.39 is 10.0 Å². The van der Waals surface area contributed by atoms with Crippen molar-refractivity contribution < 1.29 is 17.9 Å². The number of hydrogen-bond acceptors (Lipinski definition) is 5. The topological polar surface area (TPSA) is 59.1 Å². The van der Waals surface area contributed by atoms with Crippen molar-refractivity contribution in [1.82, 2.24) is 9.21 Å². The van der Waals surface area contributed by atoms with Gasteiger partial charge in [-0.15, -0.1) is 12.4 Å². The smallest absolute Gasteiger partial charge is 0.242 e. The van der Waals surface area contributed by atoms with Crippen LogP contribution in [0.1, 0.15) is 42.2 Å². The minimum absolute atomic E-state index is 0. The van der Waals surface area contributed by atoms with Crippen LogP contribution in [0.15, 0.2) is 83.8 Å². The Morgan fingerprint density at radius 2 is 1.57 bits per heavy atom. The van der Waals surface area contributed by atoms with Crippen molar-refractivity contribution in [2.75, 3.05) is 40.0 Å². The van der Waals surface area contributed by atoms with Crippen LogP contribution in [0.3, 0.4) is 0 Å². The van der Waals surface area contributed by atoms with Gasteiger partial charge in [0.15, 0.2) is 11.5 Å². The number of ether oxygens (including phenoxy) is 2. The molecule has 0 N–H and O–H groups in total. The number of benzene rings is 3. The second-order valence-corrected chi connectivity index (χ2v) is 11.8. The normalized spacial score (nSPS) is 16.9. The zero-order valence-electron chi connectivity index (χ0n) is 21.2. The molecule has 0 aromatic heterocycles. The summed E-state index contributed by atoms with van der Waals surface area (Å²) in [5.41, 5.74) is 2.51. The Morgan fingerprint density at radius 1 is 0.919 bits per heavy atom. The van der Waals surface area contributed by atoms with Crippen molar-refractivity contribution in [3.63, 3.8) is 0 Å². The van der Waals surface area contributed by atoms with E-state index >= 15 is 0 Å². The van der Waals surface area contributed by atoms with Crippen molar-refractivity contribution in [3.05, 3.63) is 90.0 Å². The second kappa shape index (κ2) is 12.3. The van der Waals surface area contributed by atoms with E-state index in [1.165, 1.54) is 9.87 Å². The van der Waals surface area contributed by atoms with E-state index in [0.717, 1.165) is 56.0 Å². The van der Waals surface area contributed by atoms with E-state index in [4.69, 9.17) is 9.47 Å². The average molecular weight is 543 g/mol.